The number of halogens is 1. The fraction of sp³-hybridized carbons (Fsp3) is 0.889. The Kier molecular flexibility index (Phi) is 5.86. The van der Waals surface area contributed by atoms with Gasteiger partial charge in [-0.2, -0.15) is 11.8 Å². The van der Waals surface area contributed by atoms with E-state index in [-0.39, 0.29) is 18.3 Å². The van der Waals surface area contributed by atoms with Crippen LogP contribution in [0.3, 0.4) is 0 Å². The van der Waals surface area contributed by atoms with Gasteiger partial charge in [0.2, 0.25) is 5.91 Å². The summed E-state index contributed by atoms with van der Waals surface area (Å²) in [5.74, 6) is 0.0275. The molecule has 0 bridgehead atoms. The van der Waals surface area contributed by atoms with E-state index in [0.29, 0.717) is 5.25 Å². The third-order valence-electron chi connectivity index (χ3n) is 2.65. The van der Waals surface area contributed by atoms with Crippen LogP contribution in [0.2, 0.25) is 0 Å². The third-order valence-corrected chi connectivity index (χ3v) is 3.62. The quantitative estimate of drug-likeness (QED) is 0.773. The molecule has 1 fully saturated rings. The van der Waals surface area contributed by atoms with Gasteiger partial charge in [-0.3, -0.25) is 4.79 Å². The maximum atomic E-state index is 11.5. The molecule has 3 nitrogen and oxygen atoms in total. The van der Waals surface area contributed by atoms with Crippen molar-refractivity contribution in [2.45, 2.75) is 37.0 Å². The number of thioether (sulfide) groups is 1. The van der Waals surface area contributed by atoms with Gasteiger partial charge in [-0.1, -0.05) is 6.92 Å². The van der Waals surface area contributed by atoms with Gasteiger partial charge in [0.1, 0.15) is 0 Å². The molecule has 5 heteroatoms. The summed E-state index contributed by atoms with van der Waals surface area (Å²) in [7, 11) is 0. The van der Waals surface area contributed by atoms with Crippen molar-refractivity contribution in [1.82, 2.24) is 5.32 Å². The molecule has 0 spiro atoms. The van der Waals surface area contributed by atoms with Crippen molar-refractivity contribution in [2.75, 3.05) is 12.8 Å². The first-order valence-electron chi connectivity index (χ1n) is 4.68. The number of amides is 1. The van der Waals surface area contributed by atoms with Gasteiger partial charge in [0.05, 0.1) is 5.54 Å². The van der Waals surface area contributed by atoms with Crippen molar-refractivity contribution in [2.24, 2.45) is 5.73 Å². The fourth-order valence-electron chi connectivity index (χ4n) is 1.28. The second kappa shape index (κ2) is 5.83. The number of nitrogens with one attached hydrogen (secondary N) is 1. The standard InChI is InChI=1S/C9H18N2OS.ClH/c1-7(13-2)6-11-8(12)9(10)4-3-5-9;/h7H,3-6,10H2,1-2H3,(H,11,12);1H. The number of hydrogen-bond donors (Lipinski definition) is 2. The highest BCUT2D eigenvalue weighted by Gasteiger charge is 2.39. The number of carbonyl (C=O) groups is 1. The Hall–Kier alpha value is 0.0700. The van der Waals surface area contributed by atoms with Gasteiger partial charge in [0.25, 0.3) is 0 Å². The monoisotopic (exact) mass is 238 g/mol. The SMILES string of the molecule is CSC(C)CNC(=O)C1(N)CCC1.Cl. The number of nitrogens with two attached hydrogens (primary N) is 1. The van der Waals surface area contributed by atoms with Crippen molar-refractivity contribution in [3.05, 3.63) is 0 Å². The normalized spacial score (nSPS) is 20.2. The molecular formula is C9H19ClN2OS. The van der Waals surface area contributed by atoms with Crippen LogP contribution in [0.1, 0.15) is 26.2 Å². The molecule has 0 aromatic rings. The molecule has 14 heavy (non-hydrogen) atoms. The van der Waals surface area contributed by atoms with E-state index in [4.69, 9.17) is 5.73 Å². The van der Waals surface area contributed by atoms with E-state index >= 15 is 0 Å². The Morgan fingerprint density at radius 3 is 2.57 bits per heavy atom. The van der Waals surface area contributed by atoms with Crippen LogP contribution >= 0.6 is 24.2 Å². The van der Waals surface area contributed by atoms with E-state index in [0.717, 1.165) is 25.8 Å². The Morgan fingerprint density at radius 2 is 2.21 bits per heavy atom. The van der Waals surface area contributed by atoms with Crippen molar-refractivity contribution in [3.8, 4) is 0 Å². The third kappa shape index (κ3) is 3.33. The van der Waals surface area contributed by atoms with Crippen LogP contribution in [0.15, 0.2) is 0 Å². The van der Waals surface area contributed by atoms with Crippen LogP contribution in [-0.4, -0.2) is 29.5 Å². The first-order valence-corrected chi connectivity index (χ1v) is 5.97. The Bertz CT molecular complexity index is 197. The lowest BCUT2D eigenvalue weighted by molar-refractivity contribution is -0.129. The lowest BCUT2D eigenvalue weighted by atomic mass is 9.77. The van der Waals surface area contributed by atoms with Gasteiger partial charge in [0, 0.05) is 11.8 Å². The maximum absolute atomic E-state index is 11.5. The fourth-order valence-corrected chi connectivity index (χ4v) is 1.53. The van der Waals surface area contributed by atoms with Crippen molar-refractivity contribution in [1.29, 1.82) is 0 Å². The first-order chi connectivity index (χ1) is 6.08. The van der Waals surface area contributed by atoms with Crippen LogP contribution in [0.5, 0.6) is 0 Å². The van der Waals surface area contributed by atoms with Gasteiger partial charge in [-0.15, -0.1) is 12.4 Å². The average Bonchev–Trinajstić information content (AvgIpc) is 2.09. The maximum Gasteiger partial charge on any atom is 0.240 e. The Morgan fingerprint density at radius 1 is 1.64 bits per heavy atom. The molecule has 0 radical (unpaired) electrons. The van der Waals surface area contributed by atoms with Crippen LogP contribution in [0.4, 0.5) is 0 Å². The zero-order chi connectivity index (χ0) is 9.90. The van der Waals surface area contributed by atoms with Crippen LogP contribution in [-0.2, 0) is 4.79 Å². The van der Waals surface area contributed by atoms with E-state index in [1.807, 2.05) is 6.26 Å². The molecule has 3 N–H and O–H groups in total. The highest BCUT2D eigenvalue weighted by molar-refractivity contribution is 7.99. The second-order valence-electron chi connectivity index (χ2n) is 3.77. The highest BCUT2D eigenvalue weighted by Crippen LogP contribution is 2.28. The van der Waals surface area contributed by atoms with Crippen molar-refractivity contribution in [3.63, 3.8) is 0 Å². The lowest BCUT2D eigenvalue weighted by Gasteiger charge is -2.36. The van der Waals surface area contributed by atoms with Gasteiger partial charge >= 0.3 is 0 Å². The Balaban J connectivity index is 0.00000169. The molecule has 84 valence electrons. The lowest BCUT2D eigenvalue weighted by Crippen LogP contribution is -2.59. The first kappa shape index (κ1) is 14.1. The summed E-state index contributed by atoms with van der Waals surface area (Å²) in [6.45, 7) is 2.81. The minimum atomic E-state index is -0.544. The molecule has 1 rings (SSSR count). The van der Waals surface area contributed by atoms with Crippen LogP contribution in [0.25, 0.3) is 0 Å². The zero-order valence-corrected chi connectivity index (χ0v) is 10.3. The smallest absolute Gasteiger partial charge is 0.240 e. The molecule has 0 saturated heterocycles. The van der Waals surface area contributed by atoms with E-state index in [1.165, 1.54) is 0 Å². The zero-order valence-electron chi connectivity index (χ0n) is 8.71. The number of carbonyl (C=O) groups excluding carboxylic acids is 1. The van der Waals surface area contributed by atoms with E-state index in [1.54, 1.807) is 11.8 Å². The predicted molar refractivity (Wildman–Crippen MR) is 64.0 cm³/mol. The van der Waals surface area contributed by atoms with Gasteiger partial charge in [-0.25, -0.2) is 0 Å². The van der Waals surface area contributed by atoms with Gasteiger partial charge in [-0.05, 0) is 25.5 Å². The van der Waals surface area contributed by atoms with E-state index < -0.39 is 5.54 Å². The molecule has 0 aliphatic heterocycles. The number of rotatable bonds is 4. The molecule has 0 aromatic carbocycles. The largest absolute Gasteiger partial charge is 0.353 e. The summed E-state index contributed by atoms with van der Waals surface area (Å²) in [6.07, 6.45) is 4.80. The average molecular weight is 239 g/mol. The summed E-state index contributed by atoms with van der Waals surface area (Å²) in [5, 5.41) is 3.36. The van der Waals surface area contributed by atoms with Crippen molar-refractivity contribution < 1.29 is 4.79 Å². The van der Waals surface area contributed by atoms with Gasteiger partial charge < -0.3 is 11.1 Å². The second-order valence-corrected chi connectivity index (χ2v) is 5.04. The molecule has 0 heterocycles. The molecule has 1 amide bonds. The van der Waals surface area contributed by atoms with Crippen molar-refractivity contribution >= 4 is 30.1 Å². The molecule has 1 unspecified atom stereocenters. The summed E-state index contributed by atoms with van der Waals surface area (Å²) in [6, 6.07) is 0. The Labute approximate surface area is 96.0 Å². The molecule has 0 aromatic heterocycles. The summed E-state index contributed by atoms with van der Waals surface area (Å²) < 4.78 is 0. The van der Waals surface area contributed by atoms with E-state index in [9.17, 15) is 4.79 Å². The molecule has 1 aliphatic carbocycles. The highest BCUT2D eigenvalue weighted by atomic mass is 35.5. The molecule has 1 aliphatic rings. The summed E-state index contributed by atoms with van der Waals surface area (Å²) >= 11 is 1.75. The minimum absolute atomic E-state index is 0. The number of hydrogen-bond acceptors (Lipinski definition) is 3. The molecular weight excluding hydrogens is 220 g/mol. The molecule has 1 atom stereocenters. The van der Waals surface area contributed by atoms with E-state index in [2.05, 4.69) is 12.2 Å². The topological polar surface area (TPSA) is 55.1 Å². The minimum Gasteiger partial charge on any atom is -0.353 e. The predicted octanol–water partition coefficient (Wildman–Crippen LogP) is 1.16. The van der Waals surface area contributed by atoms with Crippen LogP contribution < -0.4 is 11.1 Å². The van der Waals surface area contributed by atoms with Gasteiger partial charge in [0.15, 0.2) is 0 Å². The summed E-state index contributed by atoms with van der Waals surface area (Å²) in [4.78, 5) is 11.5. The van der Waals surface area contributed by atoms with Crippen LogP contribution in [0, 0.1) is 0 Å². The summed E-state index contributed by atoms with van der Waals surface area (Å²) in [5.41, 5.74) is 5.31. The molecule has 1 saturated carbocycles.